The molecule has 88 valence electrons. The van der Waals surface area contributed by atoms with Crippen molar-refractivity contribution in [1.82, 2.24) is 0 Å². The number of aliphatic imine (C=N–C) groups is 1. The zero-order valence-corrected chi connectivity index (χ0v) is 9.88. The zero-order chi connectivity index (χ0) is 12.8. The van der Waals surface area contributed by atoms with Crippen LogP contribution in [0, 0.1) is 11.3 Å². The number of rotatable bonds is 3. The number of hydrogen-bond acceptors (Lipinski definition) is 2. The normalized spacial score (nSPS) is 10.9. The van der Waals surface area contributed by atoms with Gasteiger partial charge in [-0.2, -0.15) is 5.26 Å². The third-order valence-electron chi connectivity index (χ3n) is 2.56. The van der Waals surface area contributed by atoms with Gasteiger partial charge in [0, 0.05) is 5.56 Å². The second kappa shape index (κ2) is 5.65. The summed E-state index contributed by atoms with van der Waals surface area (Å²) in [6, 6.07) is 19.1. The molecule has 0 fully saturated rings. The van der Waals surface area contributed by atoms with E-state index in [9.17, 15) is 0 Å². The molecule has 0 unspecified atom stereocenters. The predicted octanol–water partition coefficient (Wildman–Crippen LogP) is 2.46. The van der Waals surface area contributed by atoms with Crippen LogP contribution in [0.4, 0.5) is 0 Å². The van der Waals surface area contributed by atoms with Gasteiger partial charge in [0.2, 0.25) is 0 Å². The van der Waals surface area contributed by atoms with Gasteiger partial charge in [-0.1, -0.05) is 42.5 Å². The van der Waals surface area contributed by atoms with Crippen LogP contribution in [0.1, 0.15) is 16.7 Å². The van der Waals surface area contributed by atoms with E-state index in [-0.39, 0.29) is 0 Å². The molecule has 0 heterocycles. The highest BCUT2D eigenvalue weighted by atomic mass is 14.8. The summed E-state index contributed by atoms with van der Waals surface area (Å²) in [7, 11) is 0. The lowest BCUT2D eigenvalue weighted by atomic mass is 10.1. The van der Waals surface area contributed by atoms with Gasteiger partial charge in [0.15, 0.2) is 0 Å². The van der Waals surface area contributed by atoms with Crippen molar-refractivity contribution in [2.24, 2.45) is 10.7 Å². The predicted molar refractivity (Wildman–Crippen MR) is 72.0 cm³/mol. The van der Waals surface area contributed by atoms with E-state index in [0.29, 0.717) is 17.9 Å². The Morgan fingerprint density at radius 1 is 1.11 bits per heavy atom. The first-order chi connectivity index (χ1) is 8.79. The SMILES string of the molecule is N#Cc1cccc(CN=C(N)c2ccccc2)c1. The van der Waals surface area contributed by atoms with E-state index in [1.54, 1.807) is 6.07 Å². The molecule has 0 spiro atoms. The van der Waals surface area contributed by atoms with Gasteiger partial charge in [0.1, 0.15) is 5.84 Å². The molecule has 0 bridgehead atoms. The highest BCUT2D eigenvalue weighted by molar-refractivity contribution is 5.97. The maximum absolute atomic E-state index is 8.81. The number of hydrogen-bond donors (Lipinski definition) is 1. The minimum atomic E-state index is 0.482. The molecule has 2 aromatic rings. The number of nitrogens with zero attached hydrogens (tertiary/aromatic N) is 2. The summed E-state index contributed by atoms with van der Waals surface area (Å²) in [5.41, 5.74) is 8.43. The van der Waals surface area contributed by atoms with Crippen LogP contribution in [-0.2, 0) is 6.54 Å². The fraction of sp³-hybridized carbons (Fsp3) is 0.0667. The Morgan fingerprint density at radius 3 is 2.61 bits per heavy atom. The monoisotopic (exact) mass is 235 g/mol. The second-order valence-corrected chi connectivity index (χ2v) is 3.88. The zero-order valence-electron chi connectivity index (χ0n) is 9.88. The van der Waals surface area contributed by atoms with Gasteiger partial charge in [-0.3, -0.25) is 4.99 Å². The molecule has 0 aliphatic carbocycles. The van der Waals surface area contributed by atoms with Crippen molar-refractivity contribution in [3.8, 4) is 6.07 Å². The summed E-state index contributed by atoms with van der Waals surface area (Å²) in [6.45, 7) is 0.482. The number of benzene rings is 2. The number of nitrogens with two attached hydrogens (primary N) is 1. The molecule has 0 aliphatic rings. The summed E-state index contributed by atoms with van der Waals surface area (Å²) in [4.78, 5) is 4.33. The Labute approximate surface area is 106 Å². The molecule has 0 aliphatic heterocycles. The van der Waals surface area contributed by atoms with Crippen LogP contribution < -0.4 is 5.73 Å². The topological polar surface area (TPSA) is 62.2 Å². The molecule has 0 radical (unpaired) electrons. The maximum Gasteiger partial charge on any atom is 0.125 e. The summed E-state index contributed by atoms with van der Waals surface area (Å²) in [6.07, 6.45) is 0. The van der Waals surface area contributed by atoms with Gasteiger partial charge < -0.3 is 5.73 Å². The minimum Gasteiger partial charge on any atom is -0.383 e. The number of amidine groups is 1. The molecule has 2 N–H and O–H groups in total. The smallest absolute Gasteiger partial charge is 0.125 e. The van der Waals surface area contributed by atoms with E-state index in [2.05, 4.69) is 11.1 Å². The van der Waals surface area contributed by atoms with Crippen molar-refractivity contribution in [1.29, 1.82) is 5.26 Å². The number of nitriles is 1. The standard InChI is InChI=1S/C15H13N3/c16-10-12-5-4-6-13(9-12)11-18-15(17)14-7-2-1-3-8-14/h1-9H,11H2,(H2,17,18). The molecule has 0 saturated carbocycles. The van der Waals surface area contributed by atoms with E-state index in [4.69, 9.17) is 11.0 Å². The van der Waals surface area contributed by atoms with Crippen LogP contribution in [0.25, 0.3) is 0 Å². The molecule has 3 nitrogen and oxygen atoms in total. The summed E-state index contributed by atoms with van der Waals surface area (Å²) in [5, 5.41) is 8.81. The first-order valence-corrected chi connectivity index (χ1v) is 5.64. The van der Waals surface area contributed by atoms with Crippen molar-refractivity contribution >= 4 is 5.84 Å². The highest BCUT2D eigenvalue weighted by Crippen LogP contribution is 2.06. The summed E-state index contributed by atoms with van der Waals surface area (Å²) >= 11 is 0. The molecule has 0 amide bonds. The summed E-state index contributed by atoms with van der Waals surface area (Å²) < 4.78 is 0. The van der Waals surface area contributed by atoms with E-state index in [1.165, 1.54) is 0 Å². The fourth-order valence-electron chi connectivity index (χ4n) is 1.62. The Kier molecular flexibility index (Phi) is 3.72. The Morgan fingerprint density at radius 2 is 1.89 bits per heavy atom. The van der Waals surface area contributed by atoms with Crippen LogP contribution >= 0.6 is 0 Å². The first kappa shape index (κ1) is 11.9. The van der Waals surface area contributed by atoms with Crippen molar-refractivity contribution in [3.05, 3.63) is 71.3 Å². The Bertz CT molecular complexity index is 595. The lowest BCUT2D eigenvalue weighted by molar-refractivity contribution is 1.06. The third kappa shape index (κ3) is 2.96. The molecule has 0 aromatic heterocycles. The molecule has 18 heavy (non-hydrogen) atoms. The van der Waals surface area contributed by atoms with Gasteiger partial charge in [-0.05, 0) is 17.7 Å². The van der Waals surface area contributed by atoms with E-state index < -0.39 is 0 Å². The van der Waals surface area contributed by atoms with Crippen molar-refractivity contribution in [3.63, 3.8) is 0 Å². The Balaban J connectivity index is 2.13. The van der Waals surface area contributed by atoms with Gasteiger partial charge in [-0.15, -0.1) is 0 Å². The quantitative estimate of drug-likeness (QED) is 0.656. The Hall–Kier alpha value is -2.60. The third-order valence-corrected chi connectivity index (χ3v) is 2.56. The van der Waals surface area contributed by atoms with Crippen molar-refractivity contribution < 1.29 is 0 Å². The molecule has 0 saturated heterocycles. The molecule has 2 aromatic carbocycles. The van der Waals surface area contributed by atoms with Crippen LogP contribution in [0.5, 0.6) is 0 Å². The van der Waals surface area contributed by atoms with Crippen LogP contribution in [0.2, 0.25) is 0 Å². The minimum absolute atomic E-state index is 0.482. The lowest BCUT2D eigenvalue weighted by Gasteiger charge is -2.01. The molecular formula is C15H13N3. The van der Waals surface area contributed by atoms with Crippen LogP contribution in [0.3, 0.4) is 0 Å². The van der Waals surface area contributed by atoms with E-state index >= 15 is 0 Å². The van der Waals surface area contributed by atoms with Crippen molar-refractivity contribution in [2.45, 2.75) is 6.54 Å². The maximum atomic E-state index is 8.81. The largest absolute Gasteiger partial charge is 0.383 e. The average molecular weight is 235 g/mol. The first-order valence-electron chi connectivity index (χ1n) is 5.64. The fourth-order valence-corrected chi connectivity index (χ4v) is 1.62. The highest BCUT2D eigenvalue weighted by Gasteiger charge is 1.97. The second-order valence-electron chi connectivity index (χ2n) is 3.88. The van der Waals surface area contributed by atoms with Gasteiger partial charge in [0.05, 0.1) is 18.2 Å². The van der Waals surface area contributed by atoms with Crippen LogP contribution in [-0.4, -0.2) is 5.84 Å². The molecule has 3 heteroatoms. The molecule has 0 atom stereocenters. The van der Waals surface area contributed by atoms with Crippen molar-refractivity contribution in [2.75, 3.05) is 0 Å². The summed E-state index contributed by atoms with van der Waals surface area (Å²) in [5.74, 6) is 0.512. The molecular weight excluding hydrogens is 222 g/mol. The molecule has 2 rings (SSSR count). The van der Waals surface area contributed by atoms with E-state index in [1.807, 2.05) is 48.5 Å². The van der Waals surface area contributed by atoms with Crippen LogP contribution in [0.15, 0.2) is 59.6 Å². The van der Waals surface area contributed by atoms with Gasteiger partial charge in [-0.25, -0.2) is 0 Å². The average Bonchev–Trinajstić information content (AvgIpc) is 2.46. The van der Waals surface area contributed by atoms with Gasteiger partial charge >= 0.3 is 0 Å². The van der Waals surface area contributed by atoms with E-state index in [0.717, 1.165) is 11.1 Å². The lowest BCUT2D eigenvalue weighted by Crippen LogP contribution is -2.13. The van der Waals surface area contributed by atoms with Gasteiger partial charge in [0.25, 0.3) is 0 Å².